The zero-order chi connectivity index (χ0) is 14.8. The van der Waals surface area contributed by atoms with Crippen LogP contribution in [0.2, 0.25) is 0 Å². The largest absolute Gasteiger partial charge is 0.385 e. The van der Waals surface area contributed by atoms with Gasteiger partial charge in [0.05, 0.1) is 0 Å². The quantitative estimate of drug-likeness (QED) is 0.669. The van der Waals surface area contributed by atoms with Crippen molar-refractivity contribution >= 4 is 23.3 Å². The van der Waals surface area contributed by atoms with Gasteiger partial charge in [-0.05, 0) is 30.7 Å². The van der Waals surface area contributed by atoms with E-state index in [0.29, 0.717) is 30.9 Å². The molecule has 0 aliphatic heterocycles. The summed E-state index contributed by atoms with van der Waals surface area (Å²) in [5.41, 5.74) is 1.38. The molecule has 0 fully saturated rings. The van der Waals surface area contributed by atoms with Gasteiger partial charge in [-0.25, -0.2) is 4.79 Å². The molecule has 1 rings (SSSR count). The second kappa shape index (κ2) is 8.92. The highest BCUT2D eigenvalue weighted by Gasteiger charge is 2.02. The molecule has 3 amide bonds. The van der Waals surface area contributed by atoms with Gasteiger partial charge in [0.15, 0.2) is 0 Å². The Hall–Kier alpha value is -2.08. The Labute approximate surface area is 118 Å². The Morgan fingerprint density at radius 3 is 2.25 bits per heavy atom. The summed E-state index contributed by atoms with van der Waals surface area (Å²) in [5, 5.41) is 8.17. The molecule has 110 valence electrons. The first-order valence-electron chi connectivity index (χ1n) is 6.59. The van der Waals surface area contributed by atoms with Gasteiger partial charge in [-0.1, -0.05) is 6.92 Å². The molecule has 3 N–H and O–H groups in total. The summed E-state index contributed by atoms with van der Waals surface area (Å²) in [5.74, 6) is -0.0402. The minimum Gasteiger partial charge on any atom is -0.385 e. The molecule has 0 spiro atoms. The number of rotatable bonds is 7. The molecule has 0 radical (unpaired) electrons. The van der Waals surface area contributed by atoms with Gasteiger partial charge >= 0.3 is 6.03 Å². The van der Waals surface area contributed by atoms with Crippen molar-refractivity contribution in [3.05, 3.63) is 24.3 Å². The lowest BCUT2D eigenvalue weighted by Gasteiger charge is -2.08. The number of amides is 3. The number of urea groups is 1. The number of methoxy groups -OCH3 is 1. The second-order valence-corrected chi connectivity index (χ2v) is 4.21. The maximum Gasteiger partial charge on any atom is 0.319 e. The Kier molecular flexibility index (Phi) is 7.13. The Morgan fingerprint density at radius 1 is 1.10 bits per heavy atom. The zero-order valence-electron chi connectivity index (χ0n) is 11.9. The summed E-state index contributed by atoms with van der Waals surface area (Å²) in [4.78, 5) is 22.8. The van der Waals surface area contributed by atoms with Crippen LogP contribution in [0.1, 0.15) is 19.8 Å². The summed E-state index contributed by atoms with van der Waals surface area (Å²) < 4.78 is 4.89. The van der Waals surface area contributed by atoms with Gasteiger partial charge in [-0.3, -0.25) is 4.79 Å². The Balaban J connectivity index is 2.37. The lowest BCUT2D eigenvalue weighted by Crippen LogP contribution is -2.30. The molecule has 0 aromatic heterocycles. The fourth-order valence-corrected chi connectivity index (χ4v) is 1.48. The molecule has 6 heteroatoms. The third-order valence-electron chi connectivity index (χ3n) is 2.56. The van der Waals surface area contributed by atoms with Crippen LogP contribution < -0.4 is 16.0 Å². The SMILES string of the molecule is CCC(=O)Nc1ccc(NC(=O)NCCCOC)cc1. The number of carbonyl (C=O) groups is 2. The highest BCUT2D eigenvalue weighted by atomic mass is 16.5. The fourth-order valence-electron chi connectivity index (χ4n) is 1.48. The minimum absolute atomic E-state index is 0.0402. The summed E-state index contributed by atoms with van der Waals surface area (Å²) in [6.45, 7) is 2.97. The maximum atomic E-state index is 11.6. The van der Waals surface area contributed by atoms with Crippen LogP contribution in [0.3, 0.4) is 0 Å². The molecule has 0 heterocycles. The van der Waals surface area contributed by atoms with Gasteiger partial charge in [0.1, 0.15) is 0 Å². The smallest absolute Gasteiger partial charge is 0.319 e. The van der Waals surface area contributed by atoms with E-state index in [1.807, 2.05) is 0 Å². The van der Waals surface area contributed by atoms with E-state index in [4.69, 9.17) is 4.74 Å². The molecule has 0 aliphatic rings. The van der Waals surface area contributed by atoms with Crippen LogP contribution in [0.25, 0.3) is 0 Å². The fraction of sp³-hybridized carbons (Fsp3) is 0.429. The van der Waals surface area contributed by atoms with E-state index in [-0.39, 0.29) is 11.9 Å². The number of hydrogen-bond acceptors (Lipinski definition) is 3. The number of benzene rings is 1. The highest BCUT2D eigenvalue weighted by Crippen LogP contribution is 2.13. The lowest BCUT2D eigenvalue weighted by atomic mass is 10.2. The Bertz CT molecular complexity index is 432. The topological polar surface area (TPSA) is 79.5 Å². The average Bonchev–Trinajstić information content (AvgIpc) is 2.45. The van der Waals surface area contributed by atoms with Crippen LogP contribution in [0.4, 0.5) is 16.2 Å². The molecular formula is C14H21N3O3. The van der Waals surface area contributed by atoms with Crippen molar-refractivity contribution in [2.45, 2.75) is 19.8 Å². The predicted octanol–water partition coefficient (Wildman–Crippen LogP) is 2.19. The molecule has 0 saturated heterocycles. The van der Waals surface area contributed by atoms with E-state index < -0.39 is 0 Å². The third-order valence-corrected chi connectivity index (χ3v) is 2.56. The van der Waals surface area contributed by atoms with Gasteiger partial charge in [-0.2, -0.15) is 0 Å². The van der Waals surface area contributed by atoms with E-state index in [2.05, 4.69) is 16.0 Å². The predicted molar refractivity (Wildman–Crippen MR) is 78.9 cm³/mol. The standard InChI is InChI=1S/C14H21N3O3/c1-3-13(18)16-11-5-7-12(8-6-11)17-14(19)15-9-4-10-20-2/h5-8H,3-4,9-10H2,1-2H3,(H,16,18)(H2,15,17,19). The van der Waals surface area contributed by atoms with Crippen molar-refractivity contribution in [2.24, 2.45) is 0 Å². The van der Waals surface area contributed by atoms with Crippen molar-refractivity contribution in [3.8, 4) is 0 Å². The zero-order valence-corrected chi connectivity index (χ0v) is 11.9. The summed E-state index contributed by atoms with van der Waals surface area (Å²) >= 11 is 0. The third kappa shape index (κ3) is 6.19. The number of hydrogen-bond donors (Lipinski definition) is 3. The van der Waals surface area contributed by atoms with Crippen LogP contribution in [-0.4, -0.2) is 32.2 Å². The van der Waals surface area contributed by atoms with Crippen molar-refractivity contribution in [2.75, 3.05) is 30.9 Å². The first-order valence-corrected chi connectivity index (χ1v) is 6.59. The average molecular weight is 279 g/mol. The van der Waals surface area contributed by atoms with Crippen molar-refractivity contribution in [1.29, 1.82) is 0 Å². The van der Waals surface area contributed by atoms with Crippen LogP contribution in [0.5, 0.6) is 0 Å². The van der Waals surface area contributed by atoms with E-state index in [0.717, 1.165) is 6.42 Å². The van der Waals surface area contributed by atoms with E-state index >= 15 is 0 Å². The van der Waals surface area contributed by atoms with Crippen LogP contribution in [0, 0.1) is 0 Å². The molecule has 0 bridgehead atoms. The molecule has 1 aromatic carbocycles. The minimum atomic E-state index is -0.258. The number of carbonyl (C=O) groups excluding carboxylic acids is 2. The number of nitrogens with one attached hydrogen (secondary N) is 3. The molecule has 0 aliphatic carbocycles. The summed E-state index contributed by atoms with van der Waals surface area (Å²) in [6.07, 6.45) is 1.20. The van der Waals surface area contributed by atoms with Gasteiger partial charge in [0, 0.05) is 38.1 Å². The van der Waals surface area contributed by atoms with Gasteiger partial charge in [0.2, 0.25) is 5.91 Å². The molecule has 0 atom stereocenters. The monoisotopic (exact) mass is 279 g/mol. The molecular weight excluding hydrogens is 258 g/mol. The maximum absolute atomic E-state index is 11.6. The van der Waals surface area contributed by atoms with Crippen LogP contribution in [-0.2, 0) is 9.53 Å². The van der Waals surface area contributed by atoms with Crippen LogP contribution >= 0.6 is 0 Å². The van der Waals surface area contributed by atoms with Gasteiger partial charge < -0.3 is 20.7 Å². The highest BCUT2D eigenvalue weighted by molar-refractivity contribution is 5.92. The first kappa shape index (κ1) is 16.0. The molecule has 0 unspecified atom stereocenters. The van der Waals surface area contributed by atoms with Gasteiger partial charge in [0.25, 0.3) is 0 Å². The lowest BCUT2D eigenvalue weighted by molar-refractivity contribution is -0.115. The normalized spacial score (nSPS) is 9.90. The van der Waals surface area contributed by atoms with Crippen molar-refractivity contribution in [1.82, 2.24) is 5.32 Å². The summed E-state index contributed by atoms with van der Waals surface area (Å²) in [7, 11) is 1.62. The van der Waals surface area contributed by atoms with Crippen molar-refractivity contribution in [3.63, 3.8) is 0 Å². The van der Waals surface area contributed by atoms with Crippen molar-refractivity contribution < 1.29 is 14.3 Å². The number of anilines is 2. The molecule has 0 saturated carbocycles. The molecule has 1 aromatic rings. The second-order valence-electron chi connectivity index (χ2n) is 4.21. The molecule has 6 nitrogen and oxygen atoms in total. The first-order chi connectivity index (χ1) is 9.65. The van der Waals surface area contributed by atoms with E-state index in [1.54, 1.807) is 38.3 Å². The van der Waals surface area contributed by atoms with Gasteiger partial charge in [-0.15, -0.1) is 0 Å². The molecule has 20 heavy (non-hydrogen) atoms. The Morgan fingerprint density at radius 2 is 1.70 bits per heavy atom. The van der Waals surface area contributed by atoms with E-state index in [9.17, 15) is 9.59 Å². The number of ether oxygens (including phenoxy) is 1. The van der Waals surface area contributed by atoms with Crippen LogP contribution in [0.15, 0.2) is 24.3 Å². The summed E-state index contributed by atoms with van der Waals surface area (Å²) in [6, 6.07) is 6.70. The van der Waals surface area contributed by atoms with E-state index in [1.165, 1.54) is 0 Å².